The van der Waals surface area contributed by atoms with Crippen molar-refractivity contribution in [1.29, 1.82) is 0 Å². The molecule has 0 aliphatic carbocycles. The van der Waals surface area contributed by atoms with E-state index in [0.717, 1.165) is 38.1 Å². The van der Waals surface area contributed by atoms with Gasteiger partial charge in [0.1, 0.15) is 36.3 Å². The number of H-pyrrole nitrogens is 1. The van der Waals surface area contributed by atoms with Gasteiger partial charge in [0.25, 0.3) is 0 Å². The molecule has 1 aliphatic rings. The monoisotopic (exact) mass is 1020 g/mol. The molecule has 4 aromatic rings. The third kappa shape index (κ3) is 17.1. The van der Waals surface area contributed by atoms with Crippen molar-refractivity contribution >= 4 is 73.8 Å². The minimum absolute atomic E-state index is 0.0340. The first-order chi connectivity index (χ1) is 34.1. The minimum Gasteiger partial charge on any atom is -0.394 e. The summed E-state index contributed by atoms with van der Waals surface area (Å²) in [6.07, 6.45) is -0.156. The van der Waals surface area contributed by atoms with Crippen molar-refractivity contribution in [2.45, 2.75) is 113 Å². The molecule has 20 nitrogen and oxygen atoms in total. The molecule has 15 N–H and O–H groups in total. The molecule has 1 aromatic heterocycles. The highest BCUT2D eigenvalue weighted by Gasteiger charge is 2.36. The van der Waals surface area contributed by atoms with E-state index in [1.54, 1.807) is 60.8 Å². The van der Waals surface area contributed by atoms with Crippen LogP contribution in [0.2, 0.25) is 0 Å². The third-order valence-corrected chi connectivity index (χ3v) is 14.3. The largest absolute Gasteiger partial charge is 0.394 e. The van der Waals surface area contributed by atoms with Crippen LogP contribution in [0.5, 0.6) is 0 Å². The summed E-state index contributed by atoms with van der Waals surface area (Å²) in [5.74, 6) is -6.01. The van der Waals surface area contributed by atoms with Crippen LogP contribution in [0.15, 0.2) is 91.1 Å². The van der Waals surface area contributed by atoms with Gasteiger partial charge in [0.15, 0.2) is 0 Å². The second-order valence-corrected chi connectivity index (χ2v) is 20.0. The van der Waals surface area contributed by atoms with E-state index in [1.807, 2.05) is 30.3 Å². The summed E-state index contributed by atoms with van der Waals surface area (Å²) in [6, 6.07) is 14.6. The first-order valence-electron chi connectivity index (χ1n) is 23.5. The zero-order chi connectivity index (χ0) is 51.5. The van der Waals surface area contributed by atoms with E-state index < -0.39 is 108 Å². The van der Waals surface area contributed by atoms with E-state index in [-0.39, 0.29) is 43.7 Å². The molecule has 1 unspecified atom stereocenters. The number of para-hydroxylation sites is 1. The standard InChI is InChI=1S/C49H66N10O10S2/c1-28(61)39(25-60)56-48(68)41-27-71-70-26-40(57-43(63)34(51)21-30-13-5-3-6-14-30)47(67)54-37(22-31-15-7-4-8-16-31)45(65)55-38(23-32-24-52-35-18-10-9-17-33(32)35)46(66)53-36(19-11-12-20-50)44(64)59-42(29(2)62)49(69)58-41/h3-10,13-18,24,28-29,34,36-42,52,60-62H,11-12,19-23,25-27,50-51H2,1-2H3,(H,53,66)(H,54,67)(H,55,65)(H,56,68)(H,57,63)(H,58,69)(H,59,64)/t28-,29?,34-,36+,37+,38-,39-,40+,41+,42-/m1/s1. The molecule has 0 radical (unpaired) electrons. The Bertz CT molecular complexity index is 2400. The minimum atomic E-state index is -1.66. The maximum absolute atomic E-state index is 14.7. The van der Waals surface area contributed by atoms with Crippen LogP contribution in [0, 0.1) is 0 Å². The molecule has 0 saturated carbocycles. The molecule has 384 valence electrons. The average molecular weight is 1020 g/mol. The van der Waals surface area contributed by atoms with Gasteiger partial charge in [0, 0.05) is 41.4 Å². The molecule has 22 heteroatoms. The fourth-order valence-corrected chi connectivity index (χ4v) is 10.1. The number of nitrogens with one attached hydrogen (secondary N) is 8. The van der Waals surface area contributed by atoms with Crippen LogP contribution in [-0.4, -0.2) is 147 Å². The molecule has 3 aromatic carbocycles. The van der Waals surface area contributed by atoms with Crippen molar-refractivity contribution in [2.24, 2.45) is 11.5 Å². The Morgan fingerprint density at radius 3 is 1.96 bits per heavy atom. The summed E-state index contributed by atoms with van der Waals surface area (Å²) < 4.78 is 0. The maximum atomic E-state index is 14.7. The van der Waals surface area contributed by atoms with Crippen LogP contribution in [-0.2, 0) is 52.8 Å². The second kappa shape index (κ2) is 28.1. The van der Waals surface area contributed by atoms with Gasteiger partial charge >= 0.3 is 0 Å². The van der Waals surface area contributed by atoms with Gasteiger partial charge < -0.3 is 69.0 Å². The number of aliphatic hydroxyl groups excluding tert-OH is 3. The van der Waals surface area contributed by atoms with Crippen molar-refractivity contribution in [3.05, 3.63) is 108 Å². The van der Waals surface area contributed by atoms with Crippen molar-refractivity contribution < 1.29 is 48.9 Å². The highest BCUT2D eigenvalue weighted by atomic mass is 33.1. The number of aromatic nitrogens is 1. The Morgan fingerprint density at radius 1 is 0.718 bits per heavy atom. The molecule has 71 heavy (non-hydrogen) atoms. The number of carbonyl (C=O) groups is 7. The van der Waals surface area contributed by atoms with Gasteiger partial charge in [0.2, 0.25) is 41.4 Å². The fraction of sp³-hybridized carbons (Fsp3) is 0.449. The topological polar surface area (TPSA) is 332 Å². The SMILES string of the molecule is CC(O)[C@H]1NC(=O)[C@H](CCCCN)NC(=O)[C@@H](Cc2c[nH]c3ccccc23)NC(=O)[C@H](Cc2ccccc2)NC(=O)[C@@H](NC(=O)[C@H](N)Cc2ccccc2)CSSC[C@@H](C(=O)N[C@H](CO)[C@@H](C)O)NC1=O. The molecule has 0 spiro atoms. The second-order valence-electron chi connectivity index (χ2n) is 17.5. The zero-order valence-corrected chi connectivity index (χ0v) is 41.3. The van der Waals surface area contributed by atoms with Crippen LogP contribution in [0.25, 0.3) is 10.9 Å². The number of benzene rings is 3. The number of amides is 7. The number of nitrogens with two attached hydrogens (primary N) is 2. The Hall–Kier alpha value is -6.01. The lowest BCUT2D eigenvalue weighted by Gasteiger charge is -2.29. The van der Waals surface area contributed by atoms with E-state index in [1.165, 1.54) is 13.8 Å². The molecule has 10 atom stereocenters. The predicted molar refractivity (Wildman–Crippen MR) is 272 cm³/mol. The Labute approximate surface area is 420 Å². The first-order valence-corrected chi connectivity index (χ1v) is 26.0. The van der Waals surface area contributed by atoms with Crippen LogP contribution in [0.3, 0.4) is 0 Å². The van der Waals surface area contributed by atoms with Gasteiger partial charge in [-0.25, -0.2) is 0 Å². The smallest absolute Gasteiger partial charge is 0.245 e. The maximum Gasteiger partial charge on any atom is 0.245 e. The molecule has 7 amide bonds. The summed E-state index contributed by atoms with van der Waals surface area (Å²) in [4.78, 5) is 103. The van der Waals surface area contributed by atoms with E-state index in [9.17, 15) is 48.9 Å². The number of hydrogen-bond donors (Lipinski definition) is 13. The summed E-state index contributed by atoms with van der Waals surface area (Å²) in [6.45, 7) is 2.23. The summed E-state index contributed by atoms with van der Waals surface area (Å²) >= 11 is 0. The molecule has 1 aliphatic heterocycles. The van der Waals surface area contributed by atoms with Crippen LogP contribution in [0.1, 0.15) is 49.8 Å². The summed E-state index contributed by atoms with van der Waals surface area (Å²) in [7, 11) is 2.06. The lowest BCUT2D eigenvalue weighted by Crippen LogP contribution is -2.62. The van der Waals surface area contributed by atoms with Gasteiger partial charge in [-0.2, -0.15) is 0 Å². The number of aromatic amines is 1. The predicted octanol–water partition coefficient (Wildman–Crippen LogP) is -0.805. The lowest BCUT2D eigenvalue weighted by atomic mass is 10.0. The molecular weight excluding hydrogens is 953 g/mol. The molecule has 1 saturated heterocycles. The van der Waals surface area contributed by atoms with Crippen molar-refractivity contribution in [3.63, 3.8) is 0 Å². The van der Waals surface area contributed by atoms with E-state index in [2.05, 4.69) is 42.2 Å². The Morgan fingerprint density at radius 2 is 1.31 bits per heavy atom. The number of rotatable bonds is 17. The van der Waals surface area contributed by atoms with Gasteiger partial charge in [-0.05, 0) is 68.8 Å². The third-order valence-electron chi connectivity index (χ3n) is 11.9. The van der Waals surface area contributed by atoms with Gasteiger partial charge in [-0.1, -0.05) is 100 Å². The van der Waals surface area contributed by atoms with Gasteiger partial charge in [0.05, 0.1) is 30.9 Å². The normalized spacial score (nSPS) is 22.8. The molecule has 1 fully saturated rings. The highest BCUT2D eigenvalue weighted by molar-refractivity contribution is 8.76. The van der Waals surface area contributed by atoms with Crippen molar-refractivity contribution in [1.82, 2.24) is 42.2 Å². The quantitative estimate of drug-likeness (QED) is 0.0455. The Kier molecular flexibility index (Phi) is 22.2. The fourth-order valence-electron chi connectivity index (χ4n) is 7.73. The average Bonchev–Trinajstić information content (AvgIpc) is 3.76. The summed E-state index contributed by atoms with van der Waals surface area (Å²) in [5.41, 5.74) is 15.0. The van der Waals surface area contributed by atoms with E-state index >= 15 is 0 Å². The number of hydrogen-bond acceptors (Lipinski definition) is 14. The number of aliphatic hydroxyl groups is 3. The lowest BCUT2D eigenvalue weighted by molar-refractivity contribution is -0.136. The van der Waals surface area contributed by atoms with E-state index in [0.29, 0.717) is 24.0 Å². The van der Waals surface area contributed by atoms with Crippen LogP contribution >= 0.6 is 21.6 Å². The number of carbonyl (C=O) groups excluding carboxylic acids is 7. The highest BCUT2D eigenvalue weighted by Crippen LogP contribution is 2.24. The number of fused-ring (bicyclic) bond motifs is 1. The van der Waals surface area contributed by atoms with Gasteiger partial charge in [-0.15, -0.1) is 0 Å². The van der Waals surface area contributed by atoms with Gasteiger partial charge in [-0.3, -0.25) is 33.6 Å². The number of unbranched alkanes of at least 4 members (excludes halogenated alkanes) is 1. The molecule has 0 bridgehead atoms. The van der Waals surface area contributed by atoms with Crippen molar-refractivity contribution in [2.75, 3.05) is 24.7 Å². The molecule has 2 heterocycles. The zero-order valence-electron chi connectivity index (χ0n) is 39.7. The molecular formula is C49H66N10O10S2. The molecule has 5 rings (SSSR count). The van der Waals surface area contributed by atoms with Crippen molar-refractivity contribution in [3.8, 4) is 0 Å². The summed E-state index contributed by atoms with van der Waals surface area (Å²) in [5, 5.41) is 50.5. The van der Waals surface area contributed by atoms with Crippen LogP contribution in [0.4, 0.5) is 0 Å². The Balaban J connectivity index is 1.56. The van der Waals surface area contributed by atoms with Crippen LogP contribution < -0.4 is 48.7 Å². The first kappa shape index (κ1) is 55.9. The van der Waals surface area contributed by atoms with E-state index in [4.69, 9.17) is 11.5 Å².